The van der Waals surface area contributed by atoms with Crippen molar-refractivity contribution in [2.75, 3.05) is 17.7 Å². The monoisotopic (exact) mass is 356 g/mol. The molecular weight excluding hydrogens is 336 g/mol. The van der Waals surface area contributed by atoms with Gasteiger partial charge in [-0.3, -0.25) is 0 Å². The summed E-state index contributed by atoms with van der Waals surface area (Å²) >= 11 is 6.10. The third-order valence-corrected chi connectivity index (χ3v) is 4.34. The van der Waals surface area contributed by atoms with E-state index >= 15 is 0 Å². The largest absolute Gasteiger partial charge is 0.383 e. The molecule has 7 heteroatoms. The van der Waals surface area contributed by atoms with Gasteiger partial charge in [0.25, 0.3) is 0 Å². The van der Waals surface area contributed by atoms with Crippen LogP contribution >= 0.6 is 11.6 Å². The Morgan fingerprint density at radius 3 is 2.44 bits per heavy atom. The lowest BCUT2D eigenvalue weighted by Crippen LogP contribution is -2.11. The molecule has 0 aliphatic rings. The summed E-state index contributed by atoms with van der Waals surface area (Å²) in [5, 5.41) is 11.3. The van der Waals surface area contributed by atoms with Gasteiger partial charge in [0.1, 0.15) is 12.0 Å². The number of rotatable bonds is 5. The van der Waals surface area contributed by atoms with Gasteiger partial charge in [0.15, 0.2) is 11.0 Å². The van der Waals surface area contributed by atoms with Crippen LogP contribution in [0.2, 0.25) is 5.15 Å². The van der Waals surface area contributed by atoms with Crippen molar-refractivity contribution in [2.24, 2.45) is 0 Å². The van der Waals surface area contributed by atoms with Gasteiger partial charge in [-0.2, -0.15) is 5.10 Å². The van der Waals surface area contributed by atoms with E-state index in [0.717, 1.165) is 22.6 Å². The summed E-state index contributed by atoms with van der Waals surface area (Å²) < 4.78 is 1.94. The minimum Gasteiger partial charge on any atom is -0.383 e. The topological polar surface area (TPSA) is 67.7 Å². The molecule has 1 unspecified atom stereocenters. The van der Waals surface area contributed by atoms with Crippen LogP contribution in [0.3, 0.4) is 0 Å². The average molecular weight is 357 g/mol. The molecule has 0 fully saturated rings. The average Bonchev–Trinajstić information content (AvgIpc) is 2.93. The molecule has 0 saturated heterocycles. The predicted octanol–water partition coefficient (Wildman–Crippen LogP) is 4.15. The second-order valence-corrected chi connectivity index (χ2v) is 6.29. The third kappa shape index (κ3) is 3.58. The molecule has 2 aromatic heterocycles. The van der Waals surface area contributed by atoms with Gasteiger partial charge in [-0.15, -0.1) is 0 Å². The van der Waals surface area contributed by atoms with Crippen LogP contribution < -0.4 is 10.6 Å². The SMILES string of the molecule is CNc1c(Cl)ncnc1NC(C)c1ccc(-n2nc(C)cc2C)cc1. The number of anilines is 2. The summed E-state index contributed by atoms with van der Waals surface area (Å²) in [6, 6.07) is 10.4. The first-order valence-corrected chi connectivity index (χ1v) is 8.45. The van der Waals surface area contributed by atoms with Crippen molar-refractivity contribution in [2.45, 2.75) is 26.8 Å². The molecule has 1 atom stereocenters. The highest BCUT2D eigenvalue weighted by molar-refractivity contribution is 6.32. The first-order valence-electron chi connectivity index (χ1n) is 8.08. The number of aromatic nitrogens is 4. The summed E-state index contributed by atoms with van der Waals surface area (Å²) in [5.41, 5.74) is 5.00. The first-order chi connectivity index (χ1) is 12.0. The van der Waals surface area contributed by atoms with Gasteiger partial charge in [-0.1, -0.05) is 23.7 Å². The normalized spacial score (nSPS) is 12.0. The van der Waals surface area contributed by atoms with Crippen molar-refractivity contribution in [3.63, 3.8) is 0 Å². The lowest BCUT2D eigenvalue weighted by atomic mass is 10.1. The van der Waals surface area contributed by atoms with Crippen molar-refractivity contribution in [1.29, 1.82) is 0 Å². The third-order valence-electron chi connectivity index (χ3n) is 4.05. The molecule has 0 amide bonds. The van der Waals surface area contributed by atoms with E-state index in [1.54, 1.807) is 7.05 Å². The maximum absolute atomic E-state index is 6.10. The minimum atomic E-state index is 0.0626. The number of nitrogens with zero attached hydrogens (tertiary/aromatic N) is 4. The number of hydrogen-bond acceptors (Lipinski definition) is 5. The molecule has 0 aliphatic carbocycles. The Kier molecular flexibility index (Phi) is 4.90. The fraction of sp³-hybridized carbons (Fsp3) is 0.278. The molecular formula is C18H21ClN6. The van der Waals surface area contributed by atoms with Crippen LogP contribution in [-0.2, 0) is 0 Å². The fourth-order valence-corrected chi connectivity index (χ4v) is 3.01. The summed E-state index contributed by atoms with van der Waals surface area (Å²) in [6.07, 6.45) is 1.45. The van der Waals surface area contributed by atoms with E-state index in [2.05, 4.69) is 69.9 Å². The van der Waals surface area contributed by atoms with Crippen LogP contribution in [0.4, 0.5) is 11.5 Å². The smallest absolute Gasteiger partial charge is 0.157 e. The van der Waals surface area contributed by atoms with E-state index in [4.69, 9.17) is 11.6 Å². The van der Waals surface area contributed by atoms with Gasteiger partial charge in [-0.25, -0.2) is 14.6 Å². The maximum atomic E-state index is 6.10. The fourth-order valence-electron chi connectivity index (χ4n) is 2.78. The van der Waals surface area contributed by atoms with Crippen LogP contribution in [0.15, 0.2) is 36.7 Å². The molecule has 1 aromatic carbocycles. The van der Waals surface area contributed by atoms with Gasteiger partial charge >= 0.3 is 0 Å². The molecule has 0 saturated carbocycles. The van der Waals surface area contributed by atoms with Gasteiger partial charge in [0.2, 0.25) is 0 Å². The van der Waals surface area contributed by atoms with E-state index < -0.39 is 0 Å². The number of nitrogens with one attached hydrogen (secondary N) is 2. The summed E-state index contributed by atoms with van der Waals surface area (Å²) in [4.78, 5) is 8.26. The molecule has 0 radical (unpaired) electrons. The van der Waals surface area contributed by atoms with Crippen molar-refractivity contribution in [3.8, 4) is 5.69 Å². The van der Waals surface area contributed by atoms with Gasteiger partial charge in [0.05, 0.1) is 17.4 Å². The number of aryl methyl sites for hydroxylation is 2. The Bertz CT molecular complexity index is 872. The zero-order chi connectivity index (χ0) is 18.0. The Morgan fingerprint density at radius 1 is 1.12 bits per heavy atom. The lowest BCUT2D eigenvalue weighted by Gasteiger charge is -2.18. The van der Waals surface area contributed by atoms with Crippen LogP contribution in [-0.4, -0.2) is 26.8 Å². The van der Waals surface area contributed by atoms with Crippen LogP contribution in [0.25, 0.3) is 5.69 Å². The van der Waals surface area contributed by atoms with E-state index in [1.165, 1.54) is 6.33 Å². The highest BCUT2D eigenvalue weighted by Crippen LogP contribution is 2.28. The summed E-state index contributed by atoms with van der Waals surface area (Å²) in [7, 11) is 1.80. The highest BCUT2D eigenvalue weighted by atomic mass is 35.5. The molecule has 3 aromatic rings. The molecule has 6 nitrogen and oxygen atoms in total. The number of benzene rings is 1. The van der Waals surface area contributed by atoms with Crippen molar-refractivity contribution < 1.29 is 0 Å². The minimum absolute atomic E-state index is 0.0626. The van der Waals surface area contributed by atoms with Gasteiger partial charge in [-0.05, 0) is 44.5 Å². The molecule has 0 spiro atoms. The van der Waals surface area contributed by atoms with Crippen molar-refractivity contribution in [3.05, 3.63) is 58.8 Å². The Balaban J connectivity index is 1.81. The van der Waals surface area contributed by atoms with E-state index in [0.29, 0.717) is 16.7 Å². The van der Waals surface area contributed by atoms with Gasteiger partial charge < -0.3 is 10.6 Å². The summed E-state index contributed by atoms with van der Waals surface area (Å²) in [6.45, 7) is 6.13. The van der Waals surface area contributed by atoms with Crippen LogP contribution in [0.1, 0.15) is 29.9 Å². The summed E-state index contributed by atoms with van der Waals surface area (Å²) in [5.74, 6) is 0.678. The zero-order valence-corrected chi connectivity index (χ0v) is 15.5. The number of halogens is 1. The molecule has 130 valence electrons. The van der Waals surface area contributed by atoms with Gasteiger partial charge in [0, 0.05) is 12.7 Å². The molecule has 25 heavy (non-hydrogen) atoms. The second kappa shape index (κ2) is 7.11. The zero-order valence-electron chi connectivity index (χ0n) is 14.7. The van der Waals surface area contributed by atoms with Crippen LogP contribution in [0.5, 0.6) is 0 Å². The van der Waals surface area contributed by atoms with E-state index in [-0.39, 0.29) is 6.04 Å². The second-order valence-electron chi connectivity index (χ2n) is 5.93. The predicted molar refractivity (Wildman–Crippen MR) is 102 cm³/mol. The lowest BCUT2D eigenvalue weighted by molar-refractivity contribution is 0.827. The Hall–Kier alpha value is -2.60. The maximum Gasteiger partial charge on any atom is 0.157 e. The molecule has 0 bridgehead atoms. The van der Waals surface area contributed by atoms with E-state index in [9.17, 15) is 0 Å². The number of hydrogen-bond donors (Lipinski definition) is 2. The Morgan fingerprint density at radius 2 is 1.84 bits per heavy atom. The van der Waals surface area contributed by atoms with E-state index in [1.807, 2.05) is 11.6 Å². The van der Waals surface area contributed by atoms with Crippen molar-refractivity contribution in [1.82, 2.24) is 19.7 Å². The molecule has 0 aliphatic heterocycles. The standard InChI is InChI=1S/C18H21ClN6/c1-11-9-12(2)25(24-11)15-7-5-14(6-8-15)13(3)23-18-16(20-4)17(19)21-10-22-18/h5-10,13,20H,1-4H3,(H,21,22,23). The van der Waals surface area contributed by atoms with Crippen molar-refractivity contribution >= 4 is 23.1 Å². The quantitative estimate of drug-likeness (QED) is 0.672. The molecule has 2 N–H and O–H groups in total. The molecule has 3 rings (SSSR count). The first kappa shape index (κ1) is 17.2. The molecule has 2 heterocycles. The van der Waals surface area contributed by atoms with Crippen LogP contribution in [0, 0.1) is 13.8 Å². The Labute approximate surface area is 152 Å². The highest BCUT2D eigenvalue weighted by Gasteiger charge is 2.13.